The van der Waals surface area contributed by atoms with Gasteiger partial charge in [-0.25, -0.2) is 9.97 Å². The summed E-state index contributed by atoms with van der Waals surface area (Å²) in [7, 11) is 1.73. The van der Waals surface area contributed by atoms with Gasteiger partial charge < -0.3 is 10.1 Å². The fourth-order valence-corrected chi connectivity index (χ4v) is 2.79. The number of likely N-dealkylation sites (tertiary alicyclic amines) is 1. The molecule has 1 fully saturated rings. The Morgan fingerprint density at radius 3 is 2.91 bits per heavy atom. The third-order valence-electron chi connectivity index (χ3n) is 3.80. The lowest BCUT2D eigenvalue weighted by Gasteiger charge is -2.24. The van der Waals surface area contributed by atoms with E-state index >= 15 is 0 Å². The Labute approximate surface area is 129 Å². The molecule has 0 aliphatic carbocycles. The van der Waals surface area contributed by atoms with Gasteiger partial charge in [0.2, 0.25) is 0 Å². The molecule has 1 N–H and O–H groups in total. The van der Waals surface area contributed by atoms with E-state index in [4.69, 9.17) is 4.74 Å². The maximum Gasteiger partial charge on any atom is 0.154 e. The highest BCUT2D eigenvalue weighted by Gasteiger charge is 2.29. The first-order valence-corrected chi connectivity index (χ1v) is 7.45. The highest BCUT2D eigenvalue weighted by molar-refractivity contribution is 5.53. The van der Waals surface area contributed by atoms with Crippen LogP contribution in [0.4, 0.5) is 11.6 Å². The number of anilines is 2. The molecule has 3 rings (SSSR count). The Morgan fingerprint density at radius 1 is 1.23 bits per heavy atom. The number of ether oxygens (including phenoxy) is 1. The zero-order valence-electron chi connectivity index (χ0n) is 12.6. The van der Waals surface area contributed by atoms with Crippen molar-refractivity contribution in [2.45, 2.75) is 18.9 Å². The first-order chi connectivity index (χ1) is 10.9. The van der Waals surface area contributed by atoms with E-state index in [1.807, 2.05) is 0 Å². The van der Waals surface area contributed by atoms with Crippen molar-refractivity contribution in [2.24, 2.45) is 0 Å². The smallest absolute Gasteiger partial charge is 0.154 e. The summed E-state index contributed by atoms with van der Waals surface area (Å²) in [6, 6.07) is 0.267. The molecule has 0 aromatic carbocycles. The van der Waals surface area contributed by atoms with E-state index in [2.05, 4.69) is 30.2 Å². The standard InChI is InChI=1S/C15H20N6O/c1-22-10-9-21-8-2-3-12(21)14-15(19-7-6-18-14)20-13-11-16-4-5-17-13/h4-7,11-12H,2-3,8-10H2,1H3,(H,17,19,20)/t12-/m0/s1. The summed E-state index contributed by atoms with van der Waals surface area (Å²) in [6.07, 6.45) is 10.6. The number of hydrogen-bond donors (Lipinski definition) is 1. The number of rotatable bonds is 6. The number of aromatic nitrogens is 4. The van der Waals surface area contributed by atoms with E-state index in [9.17, 15) is 0 Å². The second-order valence-corrected chi connectivity index (χ2v) is 5.19. The van der Waals surface area contributed by atoms with Crippen LogP contribution < -0.4 is 5.32 Å². The SMILES string of the molecule is COCCN1CCC[C@H]1c1nccnc1Nc1cnccn1. The number of nitrogens with zero attached hydrogens (tertiary/aromatic N) is 5. The highest BCUT2D eigenvalue weighted by atomic mass is 16.5. The minimum Gasteiger partial charge on any atom is -0.383 e. The summed E-state index contributed by atoms with van der Waals surface area (Å²) in [4.78, 5) is 19.7. The zero-order valence-corrected chi connectivity index (χ0v) is 12.6. The Hall–Kier alpha value is -2.12. The van der Waals surface area contributed by atoms with E-state index in [0.717, 1.165) is 44.0 Å². The van der Waals surface area contributed by atoms with E-state index in [1.165, 1.54) is 0 Å². The van der Waals surface area contributed by atoms with Crippen LogP contribution in [-0.2, 0) is 4.74 Å². The van der Waals surface area contributed by atoms with Gasteiger partial charge in [0, 0.05) is 38.4 Å². The average Bonchev–Trinajstić information content (AvgIpc) is 3.03. The average molecular weight is 300 g/mol. The van der Waals surface area contributed by atoms with Gasteiger partial charge in [0.05, 0.1) is 18.8 Å². The van der Waals surface area contributed by atoms with Gasteiger partial charge in [-0.3, -0.25) is 14.9 Å². The molecule has 0 bridgehead atoms. The molecule has 0 spiro atoms. The number of nitrogens with one attached hydrogen (secondary N) is 1. The fraction of sp³-hybridized carbons (Fsp3) is 0.467. The van der Waals surface area contributed by atoms with Crippen LogP contribution in [0.15, 0.2) is 31.0 Å². The molecule has 3 heterocycles. The first-order valence-electron chi connectivity index (χ1n) is 7.45. The molecule has 0 unspecified atom stereocenters. The summed E-state index contributed by atoms with van der Waals surface area (Å²) >= 11 is 0. The van der Waals surface area contributed by atoms with Gasteiger partial charge in [-0.15, -0.1) is 0 Å². The molecule has 0 radical (unpaired) electrons. The van der Waals surface area contributed by atoms with Crippen molar-refractivity contribution in [3.05, 3.63) is 36.7 Å². The normalized spacial score (nSPS) is 18.5. The largest absolute Gasteiger partial charge is 0.383 e. The molecule has 0 amide bonds. The minimum absolute atomic E-state index is 0.267. The van der Waals surface area contributed by atoms with Crippen molar-refractivity contribution in [3.8, 4) is 0 Å². The van der Waals surface area contributed by atoms with Crippen LogP contribution in [0.2, 0.25) is 0 Å². The molecule has 7 heteroatoms. The lowest BCUT2D eigenvalue weighted by molar-refractivity contribution is 0.140. The lowest BCUT2D eigenvalue weighted by atomic mass is 10.1. The predicted molar refractivity (Wildman–Crippen MR) is 82.8 cm³/mol. The van der Waals surface area contributed by atoms with Gasteiger partial charge in [-0.05, 0) is 19.4 Å². The summed E-state index contributed by atoms with van der Waals surface area (Å²) in [5, 5.41) is 3.22. The minimum atomic E-state index is 0.267. The molecule has 2 aromatic heterocycles. The molecule has 116 valence electrons. The van der Waals surface area contributed by atoms with Crippen LogP contribution in [-0.4, -0.2) is 51.6 Å². The second kappa shape index (κ2) is 7.24. The second-order valence-electron chi connectivity index (χ2n) is 5.19. The molecule has 0 saturated carbocycles. The molecule has 1 atom stereocenters. The number of hydrogen-bond acceptors (Lipinski definition) is 7. The van der Waals surface area contributed by atoms with Crippen LogP contribution in [0.1, 0.15) is 24.6 Å². The Kier molecular flexibility index (Phi) is 4.87. The number of methoxy groups -OCH3 is 1. The quantitative estimate of drug-likeness (QED) is 0.871. The van der Waals surface area contributed by atoms with Gasteiger partial charge in [0.1, 0.15) is 11.5 Å². The van der Waals surface area contributed by atoms with Crippen LogP contribution in [0.5, 0.6) is 0 Å². The predicted octanol–water partition coefficient (Wildman–Crippen LogP) is 1.79. The molecule has 22 heavy (non-hydrogen) atoms. The van der Waals surface area contributed by atoms with E-state index < -0.39 is 0 Å². The molecular formula is C15H20N6O. The molecule has 1 saturated heterocycles. The Morgan fingerprint density at radius 2 is 2.09 bits per heavy atom. The van der Waals surface area contributed by atoms with Crippen LogP contribution >= 0.6 is 0 Å². The molecule has 1 aliphatic rings. The third-order valence-corrected chi connectivity index (χ3v) is 3.80. The molecular weight excluding hydrogens is 280 g/mol. The van der Waals surface area contributed by atoms with Crippen LogP contribution in [0, 0.1) is 0 Å². The summed E-state index contributed by atoms with van der Waals surface area (Å²) in [5.74, 6) is 1.42. The van der Waals surface area contributed by atoms with Crippen molar-refractivity contribution in [1.29, 1.82) is 0 Å². The van der Waals surface area contributed by atoms with Gasteiger partial charge in [-0.2, -0.15) is 0 Å². The zero-order chi connectivity index (χ0) is 15.2. The molecule has 2 aromatic rings. The third kappa shape index (κ3) is 3.37. The van der Waals surface area contributed by atoms with Crippen molar-refractivity contribution in [3.63, 3.8) is 0 Å². The fourth-order valence-electron chi connectivity index (χ4n) is 2.79. The summed E-state index contributed by atoms with van der Waals surface area (Å²) < 4.78 is 5.20. The lowest BCUT2D eigenvalue weighted by Crippen LogP contribution is -2.28. The van der Waals surface area contributed by atoms with Crippen molar-refractivity contribution < 1.29 is 4.74 Å². The maximum atomic E-state index is 5.20. The van der Waals surface area contributed by atoms with Crippen molar-refractivity contribution in [1.82, 2.24) is 24.8 Å². The van der Waals surface area contributed by atoms with Crippen LogP contribution in [0.25, 0.3) is 0 Å². The van der Waals surface area contributed by atoms with E-state index in [0.29, 0.717) is 5.82 Å². The summed E-state index contributed by atoms with van der Waals surface area (Å²) in [6.45, 7) is 2.70. The highest BCUT2D eigenvalue weighted by Crippen LogP contribution is 2.33. The topological polar surface area (TPSA) is 76.1 Å². The van der Waals surface area contributed by atoms with Gasteiger partial charge in [0.25, 0.3) is 0 Å². The van der Waals surface area contributed by atoms with Crippen LogP contribution in [0.3, 0.4) is 0 Å². The van der Waals surface area contributed by atoms with Crippen molar-refractivity contribution in [2.75, 3.05) is 32.1 Å². The monoisotopic (exact) mass is 300 g/mol. The Balaban J connectivity index is 1.81. The van der Waals surface area contributed by atoms with Gasteiger partial charge in [-0.1, -0.05) is 0 Å². The first kappa shape index (κ1) is 14.8. The van der Waals surface area contributed by atoms with Gasteiger partial charge in [0.15, 0.2) is 5.82 Å². The molecule has 7 nitrogen and oxygen atoms in total. The molecule has 1 aliphatic heterocycles. The van der Waals surface area contributed by atoms with E-state index in [-0.39, 0.29) is 6.04 Å². The Bertz CT molecular complexity index is 594. The van der Waals surface area contributed by atoms with Gasteiger partial charge >= 0.3 is 0 Å². The maximum absolute atomic E-state index is 5.20. The van der Waals surface area contributed by atoms with E-state index in [1.54, 1.807) is 38.1 Å². The van der Waals surface area contributed by atoms with Crippen molar-refractivity contribution >= 4 is 11.6 Å². The summed E-state index contributed by atoms with van der Waals surface area (Å²) in [5.41, 5.74) is 0.960.